The molecule has 4 rings (SSSR count). The number of nitrogens with one attached hydrogen (secondary N) is 1. The van der Waals surface area contributed by atoms with Crippen molar-refractivity contribution in [3.05, 3.63) is 95.0 Å². The van der Waals surface area contributed by atoms with E-state index in [-0.39, 0.29) is 31.2 Å². The maximum atomic E-state index is 13.3. The third-order valence-electron chi connectivity index (χ3n) is 6.94. The highest BCUT2D eigenvalue weighted by molar-refractivity contribution is 5.95. The predicted molar refractivity (Wildman–Crippen MR) is 142 cm³/mol. The van der Waals surface area contributed by atoms with E-state index in [0.717, 1.165) is 12.1 Å². The van der Waals surface area contributed by atoms with Gasteiger partial charge in [-0.05, 0) is 48.9 Å². The number of hydrogen-bond donors (Lipinski definition) is 1. The van der Waals surface area contributed by atoms with E-state index in [0.29, 0.717) is 43.0 Å². The van der Waals surface area contributed by atoms with Gasteiger partial charge < -0.3 is 15.0 Å². The van der Waals surface area contributed by atoms with Gasteiger partial charge in [0.05, 0.1) is 23.8 Å². The van der Waals surface area contributed by atoms with Crippen LogP contribution >= 0.6 is 0 Å². The van der Waals surface area contributed by atoms with Gasteiger partial charge in [0, 0.05) is 50.5 Å². The van der Waals surface area contributed by atoms with Gasteiger partial charge >= 0.3 is 18.2 Å². The fourth-order valence-electron chi connectivity index (χ4n) is 4.86. The van der Waals surface area contributed by atoms with Crippen LogP contribution in [-0.4, -0.2) is 78.5 Å². The summed E-state index contributed by atoms with van der Waals surface area (Å²) < 4.78 is 58.1. The van der Waals surface area contributed by atoms with Crippen LogP contribution in [0, 0.1) is 5.82 Å². The quantitative estimate of drug-likeness (QED) is 0.288. The van der Waals surface area contributed by atoms with Gasteiger partial charge in [-0.3, -0.25) is 14.6 Å². The Kier molecular flexibility index (Phi) is 9.11. The molecule has 41 heavy (non-hydrogen) atoms. The van der Waals surface area contributed by atoms with Crippen LogP contribution in [0.3, 0.4) is 0 Å². The fraction of sp³-hybridized carbons (Fsp3) is 0.345. The van der Waals surface area contributed by atoms with Crippen molar-refractivity contribution in [2.45, 2.75) is 19.1 Å². The van der Waals surface area contributed by atoms with Crippen LogP contribution in [0.5, 0.6) is 0 Å². The van der Waals surface area contributed by atoms with E-state index in [9.17, 15) is 31.9 Å². The first kappa shape index (κ1) is 29.8. The second-order valence-electron chi connectivity index (χ2n) is 9.56. The molecule has 8 nitrogen and oxygen atoms in total. The summed E-state index contributed by atoms with van der Waals surface area (Å²) in [7, 11) is 0. The molecule has 1 N–H and O–H groups in total. The van der Waals surface area contributed by atoms with Gasteiger partial charge in [0.25, 0.3) is 5.91 Å². The second-order valence-corrected chi connectivity index (χ2v) is 9.56. The lowest BCUT2D eigenvalue weighted by Gasteiger charge is -2.40. The van der Waals surface area contributed by atoms with Crippen molar-refractivity contribution in [3.8, 4) is 0 Å². The van der Waals surface area contributed by atoms with E-state index < -0.39 is 35.6 Å². The zero-order valence-electron chi connectivity index (χ0n) is 22.4. The largest absolute Gasteiger partial charge is 0.463 e. The van der Waals surface area contributed by atoms with Crippen molar-refractivity contribution in [1.82, 2.24) is 20.0 Å². The van der Waals surface area contributed by atoms with Crippen molar-refractivity contribution in [2.75, 3.05) is 45.9 Å². The van der Waals surface area contributed by atoms with E-state index in [4.69, 9.17) is 4.74 Å². The summed E-state index contributed by atoms with van der Waals surface area (Å²) in [5.74, 6) is -1.37. The molecule has 2 aliphatic rings. The monoisotopic (exact) mass is 574 g/mol. The first-order valence-electron chi connectivity index (χ1n) is 13.1. The number of ether oxygens (including phenoxy) is 1. The van der Waals surface area contributed by atoms with Gasteiger partial charge in [0.2, 0.25) is 0 Å². The van der Waals surface area contributed by atoms with Crippen LogP contribution in [0.25, 0.3) is 0 Å². The highest BCUT2D eigenvalue weighted by Crippen LogP contribution is 2.35. The Morgan fingerprint density at radius 3 is 2.24 bits per heavy atom. The Hall–Kier alpha value is -4.19. The molecule has 218 valence electrons. The fourth-order valence-corrected chi connectivity index (χ4v) is 4.86. The number of alkyl halides is 3. The molecule has 0 bridgehead atoms. The molecule has 1 saturated heterocycles. The Morgan fingerprint density at radius 1 is 1.05 bits per heavy atom. The molecule has 1 unspecified atom stereocenters. The summed E-state index contributed by atoms with van der Waals surface area (Å²) in [6.07, 6.45) is -3.04. The van der Waals surface area contributed by atoms with Crippen molar-refractivity contribution in [1.29, 1.82) is 0 Å². The van der Waals surface area contributed by atoms with Crippen LogP contribution in [0.2, 0.25) is 0 Å². The van der Waals surface area contributed by atoms with Crippen LogP contribution in [0.1, 0.15) is 34.5 Å². The van der Waals surface area contributed by atoms with Crippen molar-refractivity contribution < 1.29 is 36.7 Å². The van der Waals surface area contributed by atoms with Crippen molar-refractivity contribution >= 4 is 17.9 Å². The van der Waals surface area contributed by atoms with E-state index in [2.05, 4.69) is 11.9 Å². The molecule has 2 aromatic rings. The zero-order valence-corrected chi connectivity index (χ0v) is 22.4. The lowest BCUT2D eigenvalue weighted by molar-refractivity contribution is -0.139. The van der Waals surface area contributed by atoms with Crippen LogP contribution in [0.4, 0.5) is 22.4 Å². The minimum Gasteiger partial charge on any atom is -0.463 e. The average molecular weight is 575 g/mol. The van der Waals surface area contributed by atoms with E-state index in [1.165, 1.54) is 47.4 Å². The van der Waals surface area contributed by atoms with Crippen LogP contribution in [-0.2, 0) is 15.7 Å². The van der Waals surface area contributed by atoms with E-state index in [1.54, 1.807) is 11.8 Å². The average Bonchev–Trinajstić information content (AvgIpc) is 2.95. The minimum atomic E-state index is -4.54. The van der Waals surface area contributed by atoms with E-state index >= 15 is 0 Å². The number of piperazine rings is 1. The number of halogens is 4. The number of urea groups is 1. The Morgan fingerprint density at radius 2 is 1.68 bits per heavy atom. The first-order chi connectivity index (χ1) is 19.5. The smallest absolute Gasteiger partial charge is 0.416 e. The molecule has 2 heterocycles. The third-order valence-corrected chi connectivity index (χ3v) is 6.94. The SMILES string of the molecule is C=CCN1C(=O)NC(c2ccc(C(F)(F)F)cc2)C(C(=O)OCC)=C1CN1CCN(C(=O)c2ccc(F)cc2)CC1. The standard InChI is InChI=1S/C29H30F4N4O4/c1-3-13-37-23(18-35-14-16-36(17-15-35)26(38)20-7-11-22(30)12-8-20)24(27(39)41-4-2)25(34-28(37)40)19-5-9-21(10-6-19)29(31,32)33/h3,5-12,25H,1,4,13-18H2,2H3,(H,34,40). The number of rotatable bonds is 8. The highest BCUT2D eigenvalue weighted by Gasteiger charge is 2.39. The molecule has 1 atom stereocenters. The van der Waals surface area contributed by atoms with Gasteiger partial charge in [-0.2, -0.15) is 13.2 Å². The summed E-state index contributed by atoms with van der Waals surface area (Å²) in [5.41, 5.74) is 0.257. The Balaban J connectivity index is 1.62. The van der Waals surface area contributed by atoms with Crippen LogP contribution < -0.4 is 5.32 Å². The molecule has 3 amide bonds. The van der Waals surface area contributed by atoms with Crippen molar-refractivity contribution in [3.63, 3.8) is 0 Å². The number of hydrogen-bond acceptors (Lipinski definition) is 5. The summed E-state index contributed by atoms with van der Waals surface area (Å²) in [6, 6.07) is 7.98. The summed E-state index contributed by atoms with van der Waals surface area (Å²) in [4.78, 5) is 44.3. The topological polar surface area (TPSA) is 82.2 Å². The highest BCUT2D eigenvalue weighted by atomic mass is 19.4. The molecule has 0 aliphatic carbocycles. The summed E-state index contributed by atoms with van der Waals surface area (Å²) >= 11 is 0. The minimum absolute atomic E-state index is 0.0505. The van der Waals surface area contributed by atoms with Gasteiger partial charge in [-0.25, -0.2) is 14.0 Å². The summed E-state index contributed by atoms with van der Waals surface area (Å²) in [5, 5.41) is 2.73. The number of carbonyl (C=O) groups excluding carboxylic acids is 3. The molecule has 2 aliphatic heterocycles. The molecule has 0 spiro atoms. The first-order valence-corrected chi connectivity index (χ1v) is 13.1. The number of carbonyl (C=O) groups is 3. The Labute approximate surface area is 234 Å². The molecule has 1 fully saturated rings. The lowest BCUT2D eigenvalue weighted by Crippen LogP contribution is -2.53. The zero-order chi connectivity index (χ0) is 29.7. The molecule has 2 aromatic carbocycles. The third kappa shape index (κ3) is 6.76. The van der Waals surface area contributed by atoms with Gasteiger partial charge in [0.15, 0.2) is 0 Å². The number of amides is 3. The van der Waals surface area contributed by atoms with Crippen LogP contribution in [0.15, 0.2) is 72.5 Å². The second kappa shape index (κ2) is 12.5. The molecular formula is C29H30F4N4O4. The maximum absolute atomic E-state index is 13.3. The van der Waals surface area contributed by atoms with Gasteiger partial charge in [0.1, 0.15) is 5.82 Å². The molecule has 0 saturated carbocycles. The molecule has 12 heteroatoms. The summed E-state index contributed by atoms with van der Waals surface area (Å²) in [6.45, 7) is 7.15. The maximum Gasteiger partial charge on any atom is 0.416 e. The van der Waals surface area contributed by atoms with E-state index in [1.807, 2.05) is 4.90 Å². The predicted octanol–water partition coefficient (Wildman–Crippen LogP) is 4.37. The molecule has 0 radical (unpaired) electrons. The Bertz CT molecular complexity index is 1320. The lowest BCUT2D eigenvalue weighted by atomic mass is 9.93. The molecular weight excluding hydrogens is 544 g/mol. The molecule has 0 aromatic heterocycles. The normalized spacial score (nSPS) is 18.3. The van der Waals surface area contributed by atoms with Gasteiger partial charge in [-0.15, -0.1) is 6.58 Å². The number of benzene rings is 2. The van der Waals surface area contributed by atoms with Gasteiger partial charge in [-0.1, -0.05) is 18.2 Å². The number of esters is 1. The number of nitrogens with zero attached hydrogens (tertiary/aromatic N) is 3. The van der Waals surface area contributed by atoms with Crippen molar-refractivity contribution in [2.24, 2.45) is 0 Å².